The van der Waals surface area contributed by atoms with Crippen LogP contribution >= 0.6 is 0 Å². The summed E-state index contributed by atoms with van der Waals surface area (Å²) < 4.78 is 4.72. The lowest BCUT2D eigenvalue weighted by molar-refractivity contribution is 0.405. The molecule has 0 aromatic carbocycles. The molecule has 0 atom stereocenters. The maximum absolute atomic E-state index is 8.72. The van der Waals surface area contributed by atoms with Crippen LogP contribution in [0, 0.1) is 11.3 Å². The number of hydrogen-bond donors (Lipinski definition) is 1. The van der Waals surface area contributed by atoms with Gasteiger partial charge in [-0.05, 0) is 0 Å². The minimum Gasteiger partial charge on any atom is -0.366 e. The second-order valence-electron chi connectivity index (χ2n) is 3.63. The molecule has 0 aliphatic rings. The van der Waals surface area contributed by atoms with E-state index in [1.807, 2.05) is 26.8 Å². The Labute approximate surface area is 71.0 Å². The van der Waals surface area contributed by atoms with E-state index in [0.29, 0.717) is 11.3 Å². The summed E-state index contributed by atoms with van der Waals surface area (Å²) in [4.78, 5) is 0. The quantitative estimate of drug-likeness (QED) is 0.630. The first kappa shape index (κ1) is 8.60. The lowest BCUT2D eigenvalue weighted by Crippen LogP contribution is -2.13. The van der Waals surface area contributed by atoms with E-state index >= 15 is 0 Å². The van der Waals surface area contributed by atoms with Crippen LogP contribution in [-0.4, -0.2) is 5.16 Å². The summed E-state index contributed by atoms with van der Waals surface area (Å²) >= 11 is 0. The largest absolute Gasteiger partial charge is 0.366 e. The number of nitrogens with zero attached hydrogens (tertiary/aromatic N) is 2. The predicted molar refractivity (Wildman–Crippen MR) is 44.3 cm³/mol. The van der Waals surface area contributed by atoms with Gasteiger partial charge in [-0.15, -0.1) is 0 Å². The third kappa shape index (κ3) is 1.26. The summed E-state index contributed by atoms with van der Waals surface area (Å²) in [5.74, 6) is 0.0995. The molecule has 2 N–H and O–H groups in total. The van der Waals surface area contributed by atoms with Crippen LogP contribution in [0.3, 0.4) is 0 Å². The highest BCUT2D eigenvalue weighted by Gasteiger charge is 2.24. The first-order valence-electron chi connectivity index (χ1n) is 3.62. The van der Waals surface area contributed by atoms with Crippen molar-refractivity contribution in [3.8, 4) is 6.07 Å². The molecule has 0 radical (unpaired) electrons. The monoisotopic (exact) mass is 165 g/mol. The van der Waals surface area contributed by atoms with Crippen LogP contribution in [0.4, 0.5) is 5.88 Å². The highest BCUT2D eigenvalue weighted by Crippen LogP contribution is 2.27. The van der Waals surface area contributed by atoms with Gasteiger partial charge in [0.05, 0.1) is 0 Å². The number of nitrogens with two attached hydrogens (primary N) is 1. The molecule has 0 unspecified atom stereocenters. The Bertz CT molecular complexity index is 327. The minimum atomic E-state index is -0.202. The summed E-state index contributed by atoms with van der Waals surface area (Å²) in [6.45, 7) is 5.85. The SMILES string of the molecule is CC(C)(C)c1noc(N)c1C#N. The molecule has 0 amide bonds. The van der Waals surface area contributed by atoms with Crippen LogP contribution in [0.25, 0.3) is 0 Å². The molecule has 0 aliphatic carbocycles. The molecule has 1 rings (SSSR count). The molecule has 64 valence electrons. The number of aromatic nitrogens is 1. The second-order valence-corrected chi connectivity index (χ2v) is 3.63. The topological polar surface area (TPSA) is 75.8 Å². The number of nitrogen functional groups attached to an aromatic ring is 1. The highest BCUT2D eigenvalue weighted by atomic mass is 16.5. The van der Waals surface area contributed by atoms with Gasteiger partial charge in [0.15, 0.2) is 0 Å². The third-order valence-corrected chi connectivity index (χ3v) is 1.54. The van der Waals surface area contributed by atoms with Gasteiger partial charge in [0.1, 0.15) is 17.3 Å². The third-order valence-electron chi connectivity index (χ3n) is 1.54. The van der Waals surface area contributed by atoms with Crippen molar-refractivity contribution in [1.82, 2.24) is 5.16 Å². The molecule has 0 aliphatic heterocycles. The summed E-state index contributed by atoms with van der Waals surface area (Å²) in [6.07, 6.45) is 0. The van der Waals surface area contributed by atoms with Crippen molar-refractivity contribution in [3.05, 3.63) is 11.3 Å². The fourth-order valence-corrected chi connectivity index (χ4v) is 0.923. The average molecular weight is 165 g/mol. The molecular formula is C8H11N3O. The van der Waals surface area contributed by atoms with Crippen molar-refractivity contribution in [2.24, 2.45) is 0 Å². The minimum absolute atomic E-state index is 0.0995. The van der Waals surface area contributed by atoms with E-state index in [1.165, 1.54) is 0 Å². The predicted octanol–water partition coefficient (Wildman–Crippen LogP) is 1.43. The molecule has 0 saturated carbocycles. The number of rotatable bonds is 0. The summed E-state index contributed by atoms with van der Waals surface area (Å²) in [6, 6.07) is 1.97. The van der Waals surface area contributed by atoms with Crippen LogP contribution < -0.4 is 5.73 Å². The van der Waals surface area contributed by atoms with Gasteiger partial charge in [0.2, 0.25) is 5.88 Å². The van der Waals surface area contributed by atoms with Gasteiger partial charge in [-0.25, -0.2) is 0 Å². The van der Waals surface area contributed by atoms with Crippen LogP contribution in [0.2, 0.25) is 0 Å². The molecule has 12 heavy (non-hydrogen) atoms. The molecule has 0 spiro atoms. The zero-order valence-corrected chi connectivity index (χ0v) is 7.38. The van der Waals surface area contributed by atoms with E-state index < -0.39 is 0 Å². The van der Waals surface area contributed by atoms with Crippen LogP contribution in [0.5, 0.6) is 0 Å². The van der Waals surface area contributed by atoms with Gasteiger partial charge in [-0.2, -0.15) is 5.26 Å². The summed E-state index contributed by atoms with van der Waals surface area (Å²) in [7, 11) is 0. The van der Waals surface area contributed by atoms with Gasteiger partial charge < -0.3 is 10.3 Å². The van der Waals surface area contributed by atoms with Gasteiger partial charge in [-0.3, -0.25) is 0 Å². The van der Waals surface area contributed by atoms with Crippen molar-refractivity contribution < 1.29 is 4.52 Å². The van der Waals surface area contributed by atoms with E-state index in [9.17, 15) is 0 Å². The van der Waals surface area contributed by atoms with E-state index in [1.54, 1.807) is 0 Å². The standard InChI is InChI=1S/C8H11N3O/c1-8(2,3)6-5(4-9)7(10)12-11-6/h10H2,1-3H3. The van der Waals surface area contributed by atoms with Gasteiger partial charge in [0, 0.05) is 5.41 Å². The van der Waals surface area contributed by atoms with Gasteiger partial charge >= 0.3 is 0 Å². The first-order valence-corrected chi connectivity index (χ1v) is 3.62. The van der Waals surface area contributed by atoms with Crippen molar-refractivity contribution in [3.63, 3.8) is 0 Å². The van der Waals surface area contributed by atoms with Gasteiger partial charge in [-0.1, -0.05) is 25.9 Å². The summed E-state index contributed by atoms with van der Waals surface area (Å²) in [5.41, 5.74) is 6.16. The van der Waals surface area contributed by atoms with Crippen LogP contribution in [0.15, 0.2) is 4.52 Å². The Kier molecular flexibility index (Phi) is 1.81. The molecule has 4 heteroatoms. The van der Waals surface area contributed by atoms with Crippen molar-refractivity contribution >= 4 is 5.88 Å². The number of nitriles is 1. The molecule has 0 saturated heterocycles. The lowest BCUT2D eigenvalue weighted by Gasteiger charge is -2.13. The Morgan fingerprint density at radius 1 is 1.50 bits per heavy atom. The Balaban J connectivity index is 3.28. The zero-order valence-electron chi connectivity index (χ0n) is 7.38. The average Bonchev–Trinajstić information content (AvgIpc) is 2.29. The molecule has 0 fully saturated rings. The van der Waals surface area contributed by atoms with Gasteiger partial charge in [0.25, 0.3) is 0 Å². The molecule has 1 aromatic heterocycles. The molecule has 1 heterocycles. The van der Waals surface area contributed by atoms with E-state index in [-0.39, 0.29) is 11.3 Å². The van der Waals surface area contributed by atoms with E-state index in [2.05, 4.69) is 5.16 Å². The molecular weight excluding hydrogens is 154 g/mol. The Morgan fingerprint density at radius 3 is 2.42 bits per heavy atom. The zero-order chi connectivity index (χ0) is 9.35. The van der Waals surface area contributed by atoms with Crippen LogP contribution in [-0.2, 0) is 5.41 Å². The molecule has 0 bridgehead atoms. The Morgan fingerprint density at radius 2 is 2.08 bits per heavy atom. The van der Waals surface area contributed by atoms with Crippen LogP contribution in [0.1, 0.15) is 32.0 Å². The normalized spacial score (nSPS) is 11.2. The van der Waals surface area contributed by atoms with E-state index in [0.717, 1.165) is 0 Å². The van der Waals surface area contributed by atoms with Crippen molar-refractivity contribution in [2.75, 3.05) is 5.73 Å². The maximum Gasteiger partial charge on any atom is 0.240 e. The highest BCUT2D eigenvalue weighted by molar-refractivity contribution is 5.50. The number of anilines is 1. The van der Waals surface area contributed by atoms with E-state index in [4.69, 9.17) is 15.5 Å². The molecule has 1 aromatic rings. The summed E-state index contributed by atoms with van der Waals surface area (Å²) in [5, 5.41) is 12.5. The fourth-order valence-electron chi connectivity index (χ4n) is 0.923. The first-order chi connectivity index (χ1) is 5.46. The van der Waals surface area contributed by atoms with Crippen molar-refractivity contribution in [1.29, 1.82) is 5.26 Å². The van der Waals surface area contributed by atoms with Crippen molar-refractivity contribution in [2.45, 2.75) is 26.2 Å². The molecule has 4 nitrogen and oxygen atoms in total. The maximum atomic E-state index is 8.72. The Hall–Kier alpha value is -1.50. The number of hydrogen-bond acceptors (Lipinski definition) is 4. The smallest absolute Gasteiger partial charge is 0.240 e. The lowest BCUT2D eigenvalue weighted by atomic mass is 9.90. The second kappa shape index (κ2) is 2.52. The fraction of sp³-hybridized carbons (Fsp3) is 0.500.